The molecule has 2 aliphatic rings. The fraction of sp³-hybridized carbons (Fsp3) is 0.682. The van der Waals surface area contributed by atoms with E-state index in [1.165, 1.54) is 44.9 Å². The Balaban J connectivity index is 1.51. The molecule has 2 fully saturated rings. The Hall–Kier alpha value is -0.750. The molecule has 156 valence electrons. The van der Waals surface area contributed by atoms with E-state index in [1.54, 1.807) is 11.8 Å². The SMILES string of the molecule is O=C(NCC12CCCC(CCC1)C2)c1cc(CNCCSCCO)ccc1Cl. The molecule has 1 aromatic rings. The Morgan fingerprint density at radius 3 is 2.79 bits per heavy atom. The lowest BCUT2D eigenvalue weighted by Crippen LogP contribution is -2.43. The second-order valence-corrected chi connectivity index (χ2v) is 10.00. The van der Waals surface area contributed by atoms with Gasteiger partial charge >= 0.3 is 0 Å². The van der Waals surface area contributed by atoms with Crippen LogP contribution >= 0.6 is 23.4 Å². The molecule has 0 unspecified atom stereocenters. The average Bonchev–Trinajstić information content (AvgIpc) is 2.70. The fourth-order valence-corrected chi connectivity index (χ4v) is 5.66. The summed E-state index contributed by atoms with van der Waals surface area (Å²) in [4.78, 5) is 12.8. The number of hydrogen-bond acceptors (Lipinski definition) is 4. The number of fused-ring (bicyclic) bond motifs is 2. The lowest BCUT2D eigenvalue weighted by Gasteiger charge is -2.45. The zero-order valence-electron chi connectivity index (χ0n) is 16.6. The van der Waals surface area contributed by atoms with Gasteiger partial charge in [-0.25, -0.2) is 0 Å². The first kappa shape index (κ1) is 21.9. The molecule has 3 N–H and O–H groups in total. The van der Waals surface area contributed by atoms with E-state index in [9.17, 15) is 4.79 Å². The van der Waals surface area contributed by atoms with Crippen molar-refractivity contribution in [3.8, 4) is 0 Å². The normalized spacial score (nSPS) is 24.1. The molecule has 0 spiro atoms. The van der Waals surface area contributed by atoms with Gasteiger partial charge in [-0.1, -0.05) is 43.4 Å². The molecule has 4 nitrogen and oxygen atoms in total. The van der Waals surface area contributed by atoms with Gasteiger partial charge in [0.1, 0.15) is 0 Å². The van der Waals surface area contributed by atoms with Crippen LogP contribution in [0.25, 0.3) is 0 Å². The summed E-state index contributed by atoms with van der Waals surface area (Å²) in [5, 5.41) is 15.9. The Morgan fingerprint density at radius 2 is 2.04 bits per heavy atom. The van der Waals surface area contributed by atoms with Gasteiger partial charge < -0.3 is 15.7 Å². The lowest BCUT2D eigenvalue weighted by molar-refractivity contribution is 0.0681. The minimum Gasteiger partial charge on any atom is -0.396 e. The molecule has 0 aromatic heterocycles. The molecule has 2 saturated carbocycles. The van der Waals surface area contributed by atoms with Gasteiger partial charge in [0.2, 0.25) is 0 Å². The summed E-state index contributed by atoms with van der Waals surface area (Å²) in [6, 6.07) is 5.70. The Bertz CT molecular complexity index is 645. The van der Waals surface area contributed by atoms with Crippen LogP contribution in [0.2, 0.25) is 5.02 Å². The van der Waals surface area contributed by atoms with Crippen molar-refractivity contribution in [2.45, 2.75) is 51.5 Å². The second kappa shape index (κ2) is 10.9. The number of halogens is 1. The Labute approximate surface area is 178 Å². The molecule has 1 amide bonds. The highest BCUT2D eigenvalue weighted by atomic mass is 35.5. The first-order chi connectivity index (χ1) is 13.6. The van der Waals surface area contributed by atoms with Crippen molar-refractivity contribution >= 4 is 29.3 Å². The number of benzene rings is 1. The number of amides is 1. The summed E-state index contributed by atoms with van der Waals surface area (Å²) in [5.41, 5.74) is 1.96. The second-order valence-electron chi connectivity index (χ2n) is 8.36. The highest BCUT2D eigenvalue weighted by Gasteiger charge is 2.39. The molecule has 28 heavy (non-hydrogen) atoms. The standard InChI is InChI=1S/C22H33ClN2O2S/c23-20-6-5-18(15-24-9-11-28-12-10-26)13-19(20)21(27)25-16-22-7-1-3-17(14-22)4-2-8-22/h5-6,13,17,24,26H,1-4,7-12,14-16H2,(H,25,27). The van der Waals surface area contributed by atoms with Gasteiger partial charge in [0.15, 0.2) is 0 Å². The van der Waals surface area contributed by atoms with Crippen LogP contribution in [0.15, 0.2) is 18.2 Å². The summed E-state index contributed by atoms with van der Waals surface area (Å²) in [5.74, 6) is 2.56. The van der Waals surface area contributed by atoms with Crippen molar-refractivity contribution in [2.24, 2.45) is 11.3 Å². The molecule has 6 heteroatoms. The maximum Gasteiger partial charge on any atom is 0.252 e. The number of aliphatic hydroxyl groups is 1. The monoisotopic (exact) mass is 424 g/mol. The van der Waals surface area contributed by atoms with E-state index in [0.29, 0.717) is 22.5 Å². The smallest absolute Gasteiger partial charge is 0.252 e. The number of hydrogen-bond donors (Lipinski definition) is 3. The van der Waals surface area contributed by atoms with Crippen LogP contribution in [0.3, 0.4) is 0 Å². The molecule has 2 bridgehead atoms. The van der Waals surface area contributed by atoms with Gasteiger partial charge in [-0.3, -0.25) is 4.79 Å². The molecule has 3 rings (SSSR count). The van der Waals surface area contributed by atoms with Gasteiger partial charge in [0.05, 0.1) is 17.2 Å². The first-order valence-corrected chi connectivity index (χ1v) is 12.1. The van der Waals surface area contributed by atoms with Gasteiger partial charge in [-0.2, -0.15) is 11.8 Å². The molecule has 0 radical (unpaired) electrons. The van der Waals surface area contributed by atoms with Crippen LogP contribution in [-0.4, -0.2) is 42.2 Å². The molecule has 0 saturated heterocycles. The molecule has 1 aromatic carbocycles. The van der Waals surface area contributed by atoms with E-state index < -0.39 is 0 Å². The molecule has 2 aliphatic carbocycles. The fourth-order valence-electron chi connectivity index (χ4n) is 4.83. The van der Waals surface area contributed by atoms with Crippen molar-refractivity contribution in [1.29, 1.82) is 0 Å². The van der Waals surface area contributed by atoms with Crippen LogP contribution in [0, 0.1) is 11.3 Å². The van der Waals surface area contributed by atoms with Crippen LogP contribution < -0.4 is 10.6 Å². The van der Waals surface area contributed by atoms with Crippen LogP contribution in [0.4, 0.5) is 0 Å². The summed E-state index contributed by atoms with van der Waals surface area (Å²) in [6.07, 6.45) is 9.12. The maximum atomic E-state index is 12.8. The predicted molar refractivity (Wildman–Crippen MR) is 118 cm³/mol. The quantitative estimate of drug-likeness (QED) is 0.491. The van der Waals surface area contributed by atoms with Crippen molar-refractivity contribution in [1.82, 2.24) is 10.6 Å². The molecular formula is C22H33ClN2O2S. The van der Waals surface area contributed by atoms with E-state index in [-0.39, 0.29) is 12.5 Å². The van der Waals surface area contributed by atoms with Gasteiger partial charge in [-0.15, -0.1) is 0 Å². The van der Waals surface area contributed by atoms with Crippen molar-refractivity contribution in [3.05, 3.63) is 34.3 Å². The first-order valence-electron chi connectivity index (χ1n) is 10.6. The predicted octanol–water partition coefficient (Wildman–Crippen LogP) is 4.25. The zero-order valence-corrected chi connectivity index (χ0v) is 18.2. The number of nitrogens with one attached hydrogen (secondary N) is 2. The lowest BCUT2D eigenvalue weighted by atomic mass is 9.62. The van der Waals surface area contributed by atoms with E-state index in [2.05, 4.69) is 10.6 Å². The third-order valence-corrected chi connectivity index (χ3v) is 7.54. The average molecular weight is 425 g/mol. The van der Waals surface area contributed by atoms with Crippen LogP contribution in [-0.2, 0) is 6.54 Å². The Morgan fingerprint density at radius 1 is 1.25 bits per heavy atom. The largest absolute Gasteiger partial charge is 0.396 e. The number of carbonyl (C=O) groups excluding carboxylic acids is 1. The number of carbonyl (C=O) groups is 1. The van der Waals surface area contributed by atoms with E-state index >= 15 is 0 Å². The van der Waals surface area contributed by atoms with Crippen molar-refractivity contribution in [3.63, 3.8) is 0 Å². The summed E-state index contributed by atoms with van der Waals surface area (Å²) < 4.78 is 0. The van der Waals surface area contributed by atoms with E-state index in [1.807, 2.05) is 18.2 Å². The summed E-state index contributed by atoms with van der Waals surface area (Å²) in [7, 11) is 0. The molecule has 0 atom stereocenters. The number of aliphatic hydroxyl groups excluding tert-OH is 1. The van der Waals surface area contributed by atoms with Crippen molar-refractivity contribution < 1.29 is 9.90 Å². The third-order valence-electron chi connectivity index (χ3n) is 6.25. The maximum absolute atomic E-state index is 12.8. The van der Waals surface area contributed by atoms with Crippen molar-refractivity contribution in [2.75, 3.05) is 31.2 Å². The third kappa shape index (κ3) is 6.12. The number of rotatable bonds is 10. The highest BCUT2D eigenvalue weighted by molar-refractivity contribution is 7.99. The zero-order chi connectivity index (χ0) is 19.8. The highest BCUT2D eigenvalue weighted by Crippen LogP contribution is 2.48. The van der Waals surface area contributed by atoms with Gasteiger partial charge in [-0.05, 0) is 48.3 Å². The molecule has 0 aliphatic heterocycles. The van der Waals surface area contributed by atoms with Crippen LogP contribution in [0.5, 0.6) is 0 Å². The Kier molecular flexibility index (Phi) is 8.52. The minimum absolute atomic E-state index is 0.0487. The number of thioether (sulfide) groups is 1. The topological polar surface area (TPSA) is 61.4 Å². The summed E-state index contributed by atoms with van der Waals surface area (Å²) in [6.45, 7) is 2.59. The van der Waals surface area contributed by atoms with Gasteiger partial charge in [0.25, 0.3) is 5.91 Å². The molecular weight excluding hydrogens is 392 g/mol. The van der Waals surface area contributed by atoms with E-state index in [0.717, 1.165) is 36.1 Å². The van der Waals surface area contributed by atoms with Crippen LogP contribution in [0.1, 0.15) is 60.9 Å². The van der Waals surface area contributed by atoms with E-state index in [4.69, 9.17) is 16.7 Å². The molecule has 0 heterocycles. The minimum atomic E-state index is -0.0487. The van der Waals surface area contributed by atoms with Gasteiger partial charge in [0, 0.05) is 31.1 Å². The summed E-state index contributed by atoms with van der Waals surface area (Å²) >= 11 is 8.05.